The van der Waals surface area contributed by atoms with Crippen LogP contribution in [0.3, 0.4) is 0 Å². The van der Waals surface area contributed by atoms with Crippen LogP contribution in [-0.2, 0) is 4.79 Å². The van der Waals surface area contributed by atoms with E-state index in [0.717, 1.165) is 55.8 Å². The Labute approximate surface area is 203 Å². The van der Waals surface area contributed by atoms with Crippen LogP contribution in [0.1, 0.15) is 50.7 Å². The van der Waals surface area contributed by atoms with Gasteiger partial charge in [-0.15, -0.1) is 0 Å². The molecule has 180 valence electrons. The third-order valence-corrected chi connectivity index (χ3v) is 7.35. The molecule has 0 radical (unpaired) electrons. The van der Waals surface area contributed by atoms with Crippen molar-refractivity contribution in [1.82, 2.24) is 9.62 Å². The molecule has 2 aromatic rings. The van der Waals surface area contributed by atoms with Crippen LogP contribution >= 0.6 is 11.9 Å². The summed E-state index contributed by atoms with van der Waals surface area (Å²) >= 11 is 1.77. The zero-order chi connectivity index (χ0) is 23.8. The van der Waals surface area contributed by atoms with E-state index < -0.39 is 5.41 Å². The van der Waals surface area contributed by atoms with Gasteiger partial charge in [-0.25, -0.2) is 4.31 Å². The minimum atomic E-state index is -0.403. The van der Waals surface area contributed by atoms with Gasteiger partial charge >= 0.3 is 0 Å². The number of amides is 1. The number of piperidine rings is 1. The second-order valence-electron chi connectivity index (χ2n) is 9.55. The van der Waals surface area contributed by atoms with Gasteiger partial charge in [0.25, 0.3) is 0 Å². The molecule has 0 atom stereocenters. The standard InChI is InChI=1S/C27H38N2O3S/c1-20-7-8-21(2)25(19-20)32-18-6-15-27(3,4)26(30)28-22-13-16-29(17-14-22)33-24-11-9-23(31-5)10-12-24/h7-12,19,22H,6,13-18H2,1-5H3,(H,28,30). The number of ether oxygens (including phenoxy) is 2. The fourth-order valence-electron chi connectivity index (χ4n) is 3.93. The van der Waals surface area contributed by atoms with Gasteiger partial charge in [0.05, 0.1) is 13.7 Å². The van der Waals surface area contributed by atoms with Crippen LogP contribution in [0, 0.1) is 19.3 Å². The van der Waals surface area contributed by atoms with E-state index in [0.29, 0.717) is 6.61 Å². The summed E-state index contributed by atoms with van der Waals surface area (Å²) in [5, 5.41) is 3.30. The first-order valence-corrected chi connectivity index (χ1v) is 12.6. The van der Waals surface area contributed by atoms with Gasteiger partial charge in [0.1, 0.15) is 11.5 Å². The molecule has 1 saturated heterocycles. The lowest BCUT2D eigenvalue weighted by Gasteiger charge is -2.33. The number of hydrogen-bond acceptors (Lipinski definition) is 5. The molecule has 2 aromatic carbocycles. The Morgan fingerprint density at radius 2 is 1.82 bits per heavy atom. The van der Waals surface area contributed by atoms with Crippen molar-refractivity contribution in [3.63, 3.8) is 0 Å². The highest BCUT2D eigenvalue weighted by atomic mass is 32.2. The lowest BCUT2D eigenvalue weighted by atomic mass is 9.86. The zero-order valence-corrected chi connectivity index (χ0v) is 21.5. The Kier molecular flexibility index (Phi) is 9.10. The molecule has 0 unspecified atom stereocenters. The van der Waals surface area contributed by atoms with E-state index in [-0.39, 0.29) is 11.9 Å². The fraction of sp³-hybridized carbons (Fsp3) is 0.519. The topological polar surface area (TPSA) is 50.8 Å². The van der Waals surface area contributed by atoms with E-state index in [4.69, 9.17) is 9.47 Å². The minimum absolute atomic E-state index is 0.149. The van der Waals surface area contributed by atoms with Crippen LogP contribution in [-0.4, -0.2) is 43.1 Å². The van der Waals surface area contributed by atoms with E-state index in [1.165, 1.54) is 10.5 Å². The van der Waals surface area contributed by atoms with Crippen molar-refractivity contribution >= 4 is 17.9 Å². The molecule has 1 aliphatic heterocycles. The number of nitrogens with zero attached hydrogens (tertiary/aromatic N) is 1. The van der Waals surface area contributed by atoms with Gasteiger partial charge in [0, 0.05) is 29.4 Å². The maximum Gasteiger partial charge on any atom is 0.225 e. The van der Waals surface area contributed by atoms with Gasteiger partial charge in [-0.05, 0) is 92.9 Å². The van der Waals surface area contributed by atoms with Gasteiger partial charge in [-0.2, -0.15) is 0 Å². The van der Waals surface area contributed by atoms with Crippen molar-refractivity contribution in [3.05, 3.63) is 53.6 Å². The zero-order valence-electron chi connectivity index (χ0n) is 20.6. The average molecular weight is 471 g/mol. The summed E-state index contributed by atoms with van der Waals surface area (Å²) in [7, 11) is 1.68. The van der Waals surface area contributed by atoms with Crippen molar-refractivity contribution in [3.8, 4) is 11.5 Å². The van der Waals surface area contributed by atoms with Gasteiger partial charge < -0.3 is 14.8 Å². The first kappa shape index (κ1) is 25.4. The normalized spacial score (nSPS) is 15.3. The van der Waals surface area contributed by atoms with E-state index in [1.807, 2.05) is 26.0 Å². The molecule has 5 nitrogen and oxygen atoms in total. The van der Waals surface area contributed by atoms with Crippen LogP contribution in [0.4, 0.5) is 0 Å². The second-order valence-corrected chi connectivity index (χ2v) is 10.7. The molecule has 0 spiro atoms. The summed E-state index contributed by atoms with van der Waals surface area (Å²) in [6.45, 7) is 10.8. The third kappa shape index (κ3) is 7.68. The molecular formula is C27H38N2O3S. The number of aryl methyl sites for hydroxylation is 2. The van der Waals surface area contributed by atoms with Crippen molar-refractivity contribution in [2.24, 2.45) is 5.41 Å². The quantitative estimate of drug-likeness (QED) is 0.352. The molecule has 6 heteroatoms. The van der Waals surface area contributed by atoms with Crippen LogP contribution in [0.2, 0.25) is 0 Å². The average Bonchev–Trinajstić information content (AvgIpc) is 2.80. The molecule has 1 aliphatic rings. The molecule has 0 aliphatic carbocycles. The van der Waals surface area contributed by atoms with Gasteiger partial charge in [-0.1, -0.05) is 26.0 Å². The number of benzene rings is 2. The van der Waals surface area contributed by atoms with E-state index in [2.05, 4.69) is 53.8 Å². The van der Waals surface area contributed by atoms with E-state index in [9.17, 15) is 4.79 Å². The molecule has 1 heterocycles. The molecule has 0 saturated carbocycles. The number of hydrogen-bond donors (Lipinski definition) is 1. The Morgan fingerprint density at radius 3 is 2.48 bits per heavy atom. The largest absolute Gasteiger partial charge is 0.497 e. The van der Waals surface area contributed by atoms with Crippen molar-refractivity contribution < 1.29 is 14.3 Å². The molecular weight excluding hydrogens is 432 g/mol. The smallest absolute Gasteiger partial charge is 0.225 e. The number of nitrogens with one attached hydrogen (secondary N) is 1. The number of methoxy groups -OCH3 is 1. The van der Waals surface area contributed by atoms with Crippen molar-refractivity contribution in [1.29, 1.82) is 0 Å². The highest BCUT2D eigenvalue weighted by molar-refractivity contribution is 7.97. The SMILES string of the molecule is COc1ccc(SN2CCC(NC(=O)C(C)(C)CCCOc3cc(C)ccc3C)CC2)cc1. The lowest BCUT2D eigenvalue weighted by Crippen LogP contribution is -2.47. The van der Waals surface area contributed by atoms with Gasteiger partial charge in [0.2, 0.25) is 5.91 Å². The molecule has 33 heavy (non-hydrogen) atoms. The van der Waals surface area contributed by atoms with Crippen LogP contribution in [0.25, 0.3) is 0 Å². The fourth-order valence-corrected chi connectivity index (χ4v) is 4.88. The summed E-state index contributed by atoms with van der Waals surface area (Å²) in [5.74, 6) is 1.97. The molecule has 1 fully saturated rings. The number of carbonyl (C=O) groups excluding carboxylic acids is 1. The first-order valence-electron chi connectivity index (χ1n) is 11.8. The highest BCUT2D eigenvalue weighted by Gasteiger charge is 2.30. The maximum atomic E-state index is 12.9. The summed E-state index contributed by atoms with van der Waals surface area (Å²) in [5.41, 5.74) is 1.94. The predicted octanol–water partition coefficient (Wildman–Crippen LogP) is 5.79. The second kappa shape index (κ2) is 11.8. The summed E-state index contributed by atoms with van der Waals surface area (Å²) < 4.78 is 13.6. The predicted molar refractivity (Wildman–Crippen MR) is 136 cm³/mol. The van der Waals surface area contributed by atoms with Gasteiger partial charge in [-0.3, -0.25) is 4.79 Å². The Balaban J connectivity index is 1.37. The van der Waals surface area contributed by atoms with Crippen LogP contribution < -0.4 is 14.8 Å². The molecule has 0 aromatic heterocycles. The number of rotatable bonds is 10. The highest BCUT2D eigenvalue weighted by Crippen LogP contribution is 2.29. The van der Waals surface area contributed by atoms with E-state index in [1.54, 1.807) is 19.1 Å². The summed E-state index contributed by atoms with van der Waals surface area (Å²) in [4.78, 5) is 14.2. The monoisotopic (exact) mass is 470 g/mol. The van der Waals surface area contributed by atoms with Crippen LogP contribution in [0.15, 0.2) is 47.4 Å². The first-order chi connectivity index (χ1) is 15.8. The Bertz CT molecular complexity index is 906. The molecule has 0 bridgehead atoms. The minimum Gasteiger partial charge on any atom is -0.497 e. The van der Waals surface area contributed by atoms with Crippen molar-refractivity contribution in [2.75, 3.05) is 26.8 Å². The number of carbonyl (C=O) groups is 1. The van der Waals surface area contributed by atoms with E-state index >= 15 is 0 Å². The lowest BCUT2D eigenvalue weighted by molar-refractivity contribution is -0.130. The van der Waals surface area contributed by atoms with Crippen LogP contribution in [0.5, 0.6) is 11.5 Å². The molecule has 3 rings (SSSR count). The van der Waals surface area contributed by atoms with Gasteiger partial charge in [0.15, 0.2) is 0 Å². The summed E-state index contributed by atoms with van der Waals surface area (Å²) in [6.07, 6.45) is 3.60. The third-order valence-electron chi connectivity index (χ3n) is 6.25. The molecule has 1 N–H and O–H groups in total. The molecule has 1 amide bonds. The Hall–Kier alpha value is -2.18. The van der Waals surface area contributed by atoms with Crippen molar-refractivity contribution in [2.45, 2.75) is 64.3 Å². The summed E-state index contributed by atoms with van der Waals surface area (Å²) in [6, 6.07) is 14.7. The Morgan fingerprint density at radius 1 is 1.12 bits per heavy atom. The maximum absolute atomic E-state index is 12.9.